The molecule has 0 saturated carbocycles. The van der Waals surface area contributed by atoms with Gasteiger partial charge in [-0.3, -0.25) is 4.79 Å². The SMILES string of the molecule is COc1cc(/C=C(\C#N)C(=O)Nc2ccccc2C(=O)O)ccc1OCc1ccccc1F. The van der Waals surface area contributed by atoms with Crippen LogP contribution in [0.25, 0.3) is 6.08 Å². The van der Waals surface area contributed by atoms with Crippen molar-refractivity contribution in [3.05, 3.63) is 94.8 Å². The average Bonchev–Trinajstić information content (AvgIpc) is 2.82. The molecule has 166 valence electrons. The van der Waals surface area contributed by atoms with Gasteiger partial charge in [-0.2, -0.15) is 5.26 Å². The number of methoxy groups -OCH3 is 1. The highest BCUT2D eigenvalue weighted by Crippen LogP contribution is 2.30. The van der Waals surface area contributed by atoms with Gasteiger partial charge in [0.15, 0.2) is 11.5 Å². The third-order valence-corrected chi connectivity index (χ3v) is 4.61. The second kappa shape index (κ2) is 10.6. The van der Waals surface area contributed by atoms with Crippen molar-refractivity contribution < 1.29 is 28.6 Å². The molecule has 0 spiro atoms. The van der Waals surface area contributed by atoms with Gasteiger partial charge in [-0.1, -0.05) is 36.4 Å². The van der Waals surface area contributed by atoms with Crippen molar-refractivity contribution in [2.45, 2.75) is 6.61 Å². The Labute approximate surface area is 189 Å². The van der Waals surface area contributed by atoms with E-state index in [1.807, 2.05) is 6.07 Å². The second-order valence-electron chi connectivity index (χ2n) is 6.77. The van der Waals surface area contributed by atoms with Crippen LogP contribution >= 0.6 is 0 Å². The molecule has 3 aromatic carbocycles. The van der Waals surface area contributed by atoms with E-state index in [0.717, 1.165) is 0 Å². The lowest BCUT2D eigenvalue weighted by molar-refractivity contribution is -0.112. The van der Waals surface area contributed by atoms with Crippen molar-refractivity contribution in [3.8, 4) is 17.6 Å². The van der Waals surface area contributed by atoms with E-state index in [1.54, 1.807) is 42.5 Å². The molecule has 7 nitrogen and oxygen atoms in total. The van der Waals surface area contributed by atoms with E-state index in [4.69, 9.17) is 9.47 Å². The van der Waals surface area contributed by atoms with Crippen LogP contribution < -0.4 is 14.8 Å². The maximum Gasteiger partial charge on any atom is 0.337 e. The van der Waals surface area contributed by atoms with Crippen molar-refractivity contribution >= 4 is 23.6 Å². The van der Waals surface area contributed by atoms with Gasteiger partial charge in [0.1, 0.15) is 24.1 Å². The number of aromatic carboxylic acids is 1. The van der Waals surface area contributed by atoms with Gasteiger partial charge in [-0.05, 0) is 42.0 Å². The number of carbonyl (C=O) groups excluding carboxylic acids is 1. The first-order valence-corrected chi connectivity index (χ1v) is 9.72. The lowest BCUT2D eigenvalue weighted by atomic mass is 10.1. The van der Waals surface area contributed by atoms with E-state index in [0.29, 0.717) is 22.6 Å². The van der Waals surface area contributed by atoms with E-state index in [2.05, 4.69) is 5.32 Å². The van der Waals surface area contributed by atoms with Crippen LogP contribution in [0.2, 0.25) is 0 Å². The molecule has 0 aliphatic rings. The predicted octanol–water partition coefficient (Wildman–Crippen LogP) is 4.66. The number of amides is 1. The first kappa shape index (κ1) is 23.0. The fraction of sp³-hybridized carbons (Fsp3) is 0.0800. The molecule has 0 atom stereocenters. The normalized spacial score (nSPS) is 10.8. The highest BCUT2D eigenvalue weighted by Gasteiger charge is 2.15. The number of hydrogen-bond donors (Lipinski definition) is 2. The first-order valence-electron chi connectivity index (χ1n) is 9.72. The molecule has 3 aromatic rings. The van der Waals surface area contributed by atoms with E-state index < -0.39 is 11.9 Å². The Morgan fingerprint density at radius 2 is 1.82 bits per heavy atom. The Balaban J connectivity index is 1.79. The molecule has 1 amide bonds. The summed E-state index contributed by atoms with van der Waals surface area (Å²) in [5.41, 5.74) is 0.598. The fourth-order valence-corrected chi connectivity index (χ4v) is 2.95. The molecule has 3 rings (SSSR count). The van der Waals surface area contributed by atoms with Crippen LogP contribution in [0.15, 0.2) is 72.3 Å². The summed E-state index contributed by atoms with van der Waals surface area (Å²) in [6, 6.07) is 18.7. The highest BCUT2D eigenvalue weighted by molar-refractivity contribution is 6.11. The van der Waals surface area contributed by atoms with Crippen molar-refractivity contribution in [1.82, 2.24) is 0 Å². The average molecular weight is 446 g/mol. The molecule has 0 unspecified atom stereocenters. The summed E-state index contributed by atoms with van der Waals surface area (Å²) in [6.45, 7) is -0.00689. The third-order valence-electron chi connectivity index (χ3n) is 4.61. The van der Waals surface area contributed by atoms with E-state index in [1.165, 1.54) is 37.5 Å². The minimum absolute atomic E-state index is 0.00689. The zero-order chi connectivity index (χ0) is 23.8. The number of carboxylic acids is 1. The topological polar surface area (TPSA) is 109 Å². The molecule has 0 bridgehead atoms. The largest absolute Gasteiger partial charge is 0.493 e. The van der Waals surface area contributed by atoms with Gasteiger partial charge in [-0.25, -0.2) is 9.18 Å². The zero-order valence-electron chi connectivity index (χ0n) is 17.5. The van der Waals surface area contributed by atoms with Crippen molar-refractivity contribution in [3.63, 3.8) is 0 Å². The molecule has 0 aliphatic carbocycles. The minimum Gasteiger partial charge on any atom is -0.493 e. The van der Waals surface area contributed by atoms with Crippen molar-refractivity contribution in [1.29, 1.82) is 5.26 Å². The summed E-state index contributed by atoms with van der Waals surface area (Å²) in [5.74, 6) is -1.66. The minimum atomic E-state index is -1.20. The van der Waals surface area contributed by atoms with Crippen LogP contribution in [0.3, 0.4) is 0 Å². The number of hydrogen-bond acceptors (Lipinski definition) is 5. The molecular weight excluding hydrogens is 427 g/mol. The maximum absolute atomic E-state index is 13.8. The molecule has 0 aliphatic heterocycles. The maximum atomic E-state index is 13.8. The number of nitrogens with zero attached hydrogens (tertiary/aromatic N) is 1. The summed E-state index contributed by atoms with van der Waals surface area (Å²) in [4.78, 5) is 23.9. The van der Waals surface area contributed by atoms with Gasteiger partial charge >= 0.3 is 5.97 Å². The van der Waals surface area contributed by atoms with E-state index >= 15 is 0 Å². The molecule has 8 heteroatoms. The number of anilines is 1. The standard InChI is InChI=1S/C25H19FN2O5/c1-32-23-13-16(10-11-22(23)33-15-17-6-2-4-8-20(17)26)12-18(14-27)24(29)28-21-9-5-3-7-19(21)25(30)31/h2-13H,15H2,1H3,(H,28,29)(H,30,31)/b18-12+. The number of nitriles is 1. The van der Waals surface area contributed by atoms with Gasteiger partial charge in [0, 0.05) is 5.56 Å². The van der Waals surface area contributed by atoms with Crippen LogP contribution in [0.1, 0.15) is 21.5 Å². The number of carbonyl (C=O) groups is 2. The summed E-state index contributed by atoms with van der Waals surface area (Å²) < 4.78 is 24.8. The number of nitrogens with one attached hydrogen (secondary N) is 1. The summed E-state index contributed by atoms with van der Waals surface area (Å²) in [6.07, 6.45) is 1.34. The van der Waals surface area contributed by atoms with Gasteiger partial charge in [0.25, 0.3) is 5.91 Å². The fourth-order valence-electron chi connectivity index (χ4n) is 2.95. The number of rotatable bonds is 8. The van der Waals surface area contributed by atoms with E-state index in [-0.39, 0.29) is 29.2 Å². The van der Waals surface area contributed by atoms with Crippen LogP contribution in [0, 0.1) is 17.1 Å². The Hall–Kier alpha value is -4.64. The third kappa shape index (κ3) is 5.74. The smallest absolute Gasteiger partial charge is 0.337 e. The van der Waals surface area contributed by atoms with Crippen LogP contribution in [0.4, 0.5) is 10.1 Å². The number of carboxylic acid groups (broad SMARTS) is 1. The van der Waals surface area contributed by atoms with Crippen molar-refractivity contribution in [2.75, 3.05) is 12.4 Å². The number of para-hydroxylation sites is 1. The number of halogens is 1. The Kier molecular flexibility index (Phi) is 7.39. The van der Waals surface area contributed by atoms with Crippen LogP contribution in [-0.2, 0) is 11.4 Å². The molecular formula is C25H19FN2O5. The molecule has 0 aromatic heterocycles. The second-order valence-corrected chi connectivity index (χ2v) is 6.77. The van der Waals surface area contributed by atoms with Crippen LogP contribution in [-0.4, -0.2) is 24.1 Å². The summed E-state index contributed by atoms with van der Waals surface area (Å²) in [7, 11) is 1.43. The molecule has 0 fully saturated rings. The zero-order valence-corrected chi connectivity index (χ0v) is 17.5. The van der Waals surface area contributed by atoms with Gasteiger partial charge in [0.2, 0.25) is 0 Å². The predicted molar refractivity (Wildman–Crippen MR) is 119 cm³/mol. The number of benzene rings is 3. The molecule has 0 saturated heterocycles. The number of ether oxygens (including phenoxy) is 2. The summed E-state index contributed by atoms with van der Waals surface area (Å²) in [5, 5.41) is 21.1. The van der Waals surface area contributed by atoms with Crippen molar-refractivity contribution in [2.24, 2.45) is 0 Å². The first-order chi connectivity index (χ1) is 15.9. The Morgan fingerprint density at radius 1 is 1.09 bits per heavy atom. The quantitative estimate of drug-likeness (QED) is 0.385. The lowest BCUT2D eigenvalue weighted by Gasteiger charge is -2.12. The van der Waals surface area contributed by atoms with Gasteiger partial charge < -0.3 is 19.9 Å². The Morgan fingerprint density at radius 3 is 2.52 bits per heavy atom. The van der Waals surface area contributed by atoms with Gasteiger partial charge in [0.05, 0.1) is 18.4 Å². The molecule has 2 N–H and O–H groups in total. The molecule has 0 radical (unpaired) electrons. The highest BCUT2D eigenvalue weighted by atomic mass is 19.1. The van der Waals surface area contributed by atoms with Crippen LogP contribution in [0.5, 0.6) is 11.5 Å². The Bertz CT molecular complexity index is 1260. The summed E-state index contributed by atoms with van der Waals surface area (Å²) >= 11 is 0. The molecule has 33 heavy (non-hydrogen) atoms. The van der Waals surface area contributed by atoms with Gasteiger partial charge in [-0.15, -0.1) is 0 Å². The van der Waals surface area contributed by atoms with E-state index in [9.17, 15) is 24.3 Å². The lowest BCUT2D eigenvalue weighted by Crippen LogP contribution is -2.16. The molecule has 0 heterocycles. The monoisotopic (exact) mass is 446 g/mol.